The molecule has 1 heterocycles. The first kappa shape index (κ1) is 8.99. The van der Waals surface area contributed by atoms with Crippen LogP contribution in [0.4, 0.5) is 9.93 Å². The predicted octanol–water partition coefficient (Wildman–Crippen LogP) is 1.88. The van der Waals surface area contributed by atoms with Crippen LogP contribution in [0.1, 0.15) is 11.8 Å². The molecule has 1 rings (SSSR count). The second kappa shape index (κ2) is 4.06. The molecule has 12 heavy (non-hydrogen) atoms. The topological polar surface area (TPSA) is 51.2 Å². The Balaban J connectivity index is 2.58. The third-order valence-corrected chi connectivity index (χ3v) is 2.35. The number of hydrogen-bond acceptors (Lipinski definition) is 4. The van der Waals surface area contributed by atoms with Crippen molar-refractivity contribution in [1.82, 2.24) is 4.98 Å². The number of nitrogens with zero attached hydrogens (tertiary/aromatic N) is 1. The third kappa shape index (κ3) is 2.20. The van der Waals surface area contributed by atoms with Crippen LogP contribution in [0.15, 0.2) is 6.20 Å². The van der Waals surface area contributed by atoms with Gasteiger partial charge in [-0.15, -0.1) is 11.3 Å². The van der Waals surface area contributed by atoms with Gasteiger partial charge in [-0.1, -0.05) is 6.92 Å². The van der Waals surface area contributed by atoms with E-state index >= 15 is 0 Å². The lowest BCUT2D eigenvalue weighted by Crippen LogP contribution is -2.10. The number of hydrogen-bond donors (Lipinski definition) is 1. The minimum atomic E-state index is -0.480. The second-order valence-electron chi connectivity index (χ2n) is 2.10. The lowest BCUT2D eigenvalue weighted by Gasteiger charge is -1.96. The van der Waals surface area contributed by atoms with Crippen molar-refractivity contribution in [3.63, 3.8) is 0 Å². The van der Waals surface area contributed by atoms with E-state index in [0.29, 0.717) is 5.13 Å². The van der Waals surface area contributed by atoms with Gasteiger partial charge in [0.1, 0.15) is 0 Å². The standard InChI is InChI=1S/C7H10N2O2S/c1-3-5-4-8-6(12-5)9-7(10)11-2/h4H,3H2,1-2H3,(H,8,9,10). The molecular formula is C7H10N2O2S. The molecule has 0 aliphatic heterocycles. The normalized spacial score (nSPS) is 9.50. The molecule has 5 heteroatoms. The van der Waals surface area contributed by atoms with E-state index in [1.165, 1.54) is 18.4 Å². The van der Waals surface area contributed by atoms with Gasteiger partial charge in [0.25, 0.3) is 0 Å². The molecule has 0 saturated heterocycles. The molecule has 0 spiro atoms. The molecule has 0 radical (unpaired) electrons. The Labute approximate surface area is 74.6 Å². The third-order valence-electron chi connectivity index (χ3n) is 1.30. The highest BCUT2D eigenvalue weighted by Crippen LogP contribution is 2.17. The highest BCUT2D eigenvalue weighted by atomic mass is 32.1. The Hall–Kier alpha value is -1.10. The van der Waals surface area contributed by atoms with E-state index in [2.05, 4.69) is 15.0 Å². The molecule has 0 aliphatic rings. The summed E-state index contributed by atoms with van der Waals surface area (Å²) in [6, 6.07) is 0. The van der Waals surface area contributed by atoms with Crippen molar-refractivity contribution in [1.29, 1.82) is 0 Å². The molecule has 1 amide bonds. The fraction of sp³-hybridized carbons (Fsp3) is 0.429. The van der Waals surface area contributed by atoms with Gasteiger partial charge in [-0.2, -0.15) is 0 Å². The van der Waals surface area contributed by atoms with Crippen LogP contribution in [0.5, 0.6) is 0 Å². The maximum atomic E-state index is 10.7. The van der Waals surface area contributed by atoms with E-state index in [1.54, 1.807) is 6.20 Å². The molecule has 1 aromatic heterocycles. The minimum absolute atomic E-state index is 0.480. The largest absolute Gasteiger partial charge is 0.453 e. The molecule has 1 N–H and O–H groups in total. The molecule has 0 unspecified atom stereocenters. The lowest BCUT2D eigenvalue weighted by atomic mass is 10.4. The van der Waals surface area contributed by atoms with Gasteiger partial charge in [0, 0.05) is 11.1 Å². The maximum Gasteiger partial charge on any atom is 0.413 e. The average Bonchev–Trinajstić information content (AvgIpc) is 2.52. The molecule has 0 atom stereocenters. The van der Waals surface area contributed by atoms with Gasteiger partial charge in [0.05, 0.1) is 7.11 Å². The zero-order valence-electron chi connectivity index (χ0n) is 6.96. The number of aromatic nitrogens is 1. The summed E-state index contributed by atoms with van der Waals surface area (Å²) in [7, 11) is 1.32. The quantitative estimate of drug-likeness (QED) is 0.767. The first-order valence-corrected chi connectivity index (χ1v) is 4.37. The molecule has 1 aromatic rings. The fourth-order valence-electron chi connectivity index (χ4n) is 0.667. The Morgan fingerprint density at radius 1 is 1.83 bits per heavy atom. The number of amides is 1. The number of carbonyl (C=O) groups is 1. The highest BCUT2D eigenvalue weighted by Gasteiger charge is 2.03. The van der Waals surface area contributed by atoms with E-state index in [1.807, 2.05) is 6.92 Å². The summed E-state index contributed by atoms with van der Waals surface area (Å²) in [6.07, 6.45) is 2.20. The molecule has 0 aliphatic carbocycles. The number of nitrogens with one attached hydrogen (secondary N) is 1. The van der Waals surface area contributed by atoms with Gasteiger partial charge < -0.3 is 4.74 Å². The zero-order chi connectivity index (χ0) is 8.97. The van der Waals surface area contributed by atoms with Crippen LogP contribution in [0.25, 0.3) is 0 Å². The van der Waals surface area contributed by atoms with Gasteiger partial charge >= 0.3 is 6.09 Å². The Morgan fingerprint density at radius 3 is 3.08 bits per heavy atom. The van der Waals surface area contributed by atoms with E-state index in [9.17, 15) is 4.79 Å². The van der Waals surface area contributed by atoms with Crippen molar-refractivity contribution in [2.24, 2.45) is 0 Å². The van der Waals surface area contributed by atoms with Gasteiger partial charge in [0.15, 0.2) is 5.13 Å². The first-order chi connectivity index (χ1) is 5.76. The number of thiazole rings is 1. The molecule has 0 aromatic carbocycles. The molecular weight excluding hydrogens is 176 g/mol. The fourth-order valence-corrected chi connectivity index (χ4v) is 1.40. The van der Waals surface area contributed by atoms with Crippen LogP contribution in [-0.2, 0) is 11.2 Å². The van der Waals surface area contributed by atoms with Crippen molar-refractivity contribution in [2.75, 3.05) is 12.4 Å². The number of anilines is 1. The van der Waals surface area contributed by atoms with Crippen molar-refractivity contribution in [3.8, 4) is 0 Å². The van der Waals surface area contributed by atoms with E-state index in [4.69, 9.17) is 0 Å². The molecule has 66 valence electrons. The summed E-state index contributed by atoms with van der Waals surface area (Å²) < 4.78 is 4.41. The molecule has 0 saturated carbocycles. The van der Waals surface area contributed by atoms with Crippen molar-refractivity contribution >= 4 is 22.6 Å². The SMILES string of the molecule is CCc1cnc(NC(=O)OC)s1. The van der Waals surface area contributed by atoms with Gasteiger partial charge in [-0.05, 0) is 6.42 Å². The van der Waals surface area contributed by atoms with Crippen LogP contribution >= 0.6 is 11.3 Å². The van der Waals surface area contributed by atoms with Gasteiger partial charge in [0.2, 0.25) is 0 Å². The van der Waals surface area contributed by atoms with Crippen molar-refractivity contribution in [3.05, 3.63) is 11.1 Å². The summed E-state index contributed by atoms with van der Waals surface area (Å²) in [5.74, 6) is 0. The summed E-state index contributed by atoms with van der Waals surface area (Å²) in [5, 5.41) is 3.07. The summed E-state index contributed by atoms with van der Waals surface area (Å²) in [5.41, 5.74) is 0. The van der Waals surface area contributed by atoms with Crippen LogP contribution in [0, 0.1) is 0 Å². The number of aryl methyl sites for hydroxylation is 1. The maximum absolute atomic E-state index is 10.7. The number of rotatable bonds is 2. The zero-order valence-corrected chi connectivity index (χ0v) is 7.77. The number of ether oxygens (including phenoxy) is 1. The van der Waals surface area contributed by atoms with Crippen molar-refractivity contribution < 1.29 is 9.53 Å². The molecule has 0 bridgehead atoms. The van der Waals surface area contributed by atoms with E-state index < -0.39 is 6.09 Å². The van der Waals surface area contributed by atoms with Crippen molar-refractivity contribution in [2.45, 2.75) is 13.3 Å². The minimum Gasteiger partial charge on any atom is -0.453 e. The summed E-state index contributed by atoms with van der Waals surface area (Å²) >= 11 is 1.45. The monoisotopic (exact) mass is 186 g/mol. The Kier molecular flexibility index (Phi) is 3.04. The molecule has 0 fully saturated rings. The summed E-state index contributed by atoms with van der Waals surface area (Å²) in [6.45, 7) is 2.04. The number of methoxy groups -OCH3 is 1. The van der Waals surface area contributed by atoms with Crippen LogP contribution in [-0.4, -0.2) is 18.2 Å². The second-order valence-corrected chi connectivity index (χ2v) is 3.22. The average molecular weight is 186 g/mol. The van der Waals surface area contributed by atoms with E-state index in [-0.39, 0.29) is 0 Å². The van der Waals surface area contributed by atoms with Crippen LogP contribution in [0.3, 0.4) is 0 Å². The van der Waals surface area contributed by atoms with Gasteiger partial charge in [-0.25, -0.2) is 9.78 Å². The predicted molar refractivity (Wildman–Crippen MR) is 47.5 cm³/mol. The molecule has 4 nitrogen and oxygen atoms in total. The Morgan fingerprint density at radius 2 is 2.58 bits per heavy atom. The van der Waals surface area contributed by atoms with Gasteiger partial charge in [-0.3, -0.25) is 5.32 Å². The first-order valence-electron chi connectivity index (χ1n) is 3.56. The smallest absolute Gasteiger partial charge is 0.413 e. The number of carbonyl (C=O) groups excluding carboxylic acids is 1. The Bertz CT molecular complexity index is 272. The summed E-state index contributed by atoms with van der Waals surface area (Å²) in [4.78, 5) is 15.8. The van der Waals surface area contributed by atoms with Crippen LogP contribution in [0.2, 0.25) is 0 Å². The lowest BCUT2D eigenvalue weighted by molar-refractivity contribution is 0.187. The van der Waals surface area contributed by atoms with Crippen LogP contribution < -0.4 is 5.32 Å². The van der Waals surface area contributed by atoms with E-state index in [0.717, 1.165) is 11.3 Å². The highest BCUT2D eigenvalue weighted by molar-refractivity contribution is 7.15.